The Kier molecular flexibility index (Phi) is 6.73. The van der Waals surface area contributed by atoms with Crippen LogP contribution < -0.4 is 14.4 Å². The third-order valence-electron chi connectivity index (χ3n) is 4.11. The number of hydrogen-bond acceptors (Lipinski definition) is 4. The summed E-state index contributed by atoms with van der Waals surface area (Å²) in [6, 6.07) is 10.3. The van der Waals surface area contributed by atoms with Crippen LogP contribution in [0.1, 0.15) is 21.5 Å². The Balaban J connectivity index is 1.97. The van der Waals surface area contributed by atoms with Crippen molar-refractivity contribution in [3.05, 3.63) is 58.1 Å². The van der Waals surface area contributed by atoms with Gasteiger partial charge in [-0.05, 0) is 49.2 Å². The lowest BCUT2D eigenvalue weighted by atomic mass is 10.1. The molecule has 146 valence electrons. The first-order valence-corrected chi connectivity index (χ1v) is 10.5. The molecular formula is C19H23ClN2O4S. The van der Waals surface area contributed by atoms with Gasteiger partial charge in [-0.25, -0.2) is 8.42 Å². The largest absolute Gasteiger partial charge is 0.492 e. The van der Waals surface area contributed by atoms with Crippen molar-refractivity contribution in [2.24, 2.45) is 0 Å². The van der Waals surface area contributed by atoms with E-state index >= 15 is 0 Å². The number of amides is 1. The van der Waals surface area contributed by atoms with Crippen LogP contribution in [0.2, 0.25) is 5.02 Å². The quantitative estimate of drug-likeness (QED) is 0.711. The lowest BCUT2D eigenvalue weighted by Gasteiger charge is -2.19. The molecule has 0 aromatic heterocycles. The summed E-state index contributed by atoms with van der Waals surface area (Å²) < 4.78 is 30.2. The summed E-state index contributed by atoms with van der Waals surface area (Å²) >= 11 is 6.05. The monoisotopic (exact) mass is 410 g/mol. The van der Waals surface area contributed by atoms with E-state index in [1.165, 1.54) is 7.05 Å². The second-order valence-electron chi connectivity index (χ2n) is 6.25. The maximum absolute atomic E-state index is 12.3. The molecule has 0 aliphatic carbocycles. The van der Waals surface area contributed by atoms with Crippen molar-refractivity contribution in [3.63, 3.8) is 0 Å². The van der Waals surface area contributed by atoms with Crippen LogP contribution in [0.3, 0.4) is 0 Å². The summed E-state index contributed by atoms with van der Waals surface area (Å²) in [4.78, 5) is 12.3. The third-order valence-corrected chi connectivity index (χ3v) is 5.71. The number of nitrogens with zero attached hydrogens (tertiary/aromatic N) is 1. The molecule has 2 aromatic rings. The number of carbonyl (C=O) groups is 1. The fourth-order valence-electron chi connectivity index (χ4n) is 2.37. The molecular weight excluding hydrogens is 388 g/mol. The third kappa shape index (κ3) is 5.61. The molecule has 0 radical (unpaired) electrons. The minimum Gasteiger partial charge on any atom is -0.492 e. The molecule has 2 aromatic carbocycles. The lowest BCUT2D eigenvalue weighted by Crippen LogP contribution is -2.29. The van der Waals surface area contributed by atoms with Gasteiger partial charge in [0.15, 0.2) is 0 Å². The number of rotatable bonds is 7. The highest BCUT2D eigenvalue weighted by molar-refractivity contribution is 7.92. The maximum Gasteiger partial charge on any atom is 0.251 e. The number of ether oxygens (including phenoxy) is 1. The van der Waals surface area contributed by atoms with E-state index in [0.717, 1.165) is 21.7 Å². The van der Waals surface area contributed by atoms with Gasteiger partial charge in [0.25, 0.3) is 5.91 Å². The molecule has 0 heterocycles. The average molecular weight is 411 g/mol. The van der Waals surface area contributed by atoms with E-state index < -0.39 is 10.0 Å². The minimum absolute atomic E-state index is 0.285. The first-order chi connectivity index (χ1) is 12.6. The first-order valence-electron chi connectivity index (χ1n) is 8.31. The van der Waals surface area contributed by atoms with Gasteiger partial charge in [-0.1, -0.05) is 23.7 Å². The van der Waals surface area contributed by atoms with Gasteiger partial charge in [0, 0.05) is 17.6 Å². The molecule has 27 heavy (non-hydrogen) atoms. The average Bonchev–Trinajstić information content (AvgIpc) is 2.60. The standard InChI is InChI=1S/C19H23ClN2O4S/c1-13-6-8-16(12-17(13)20)26-10-9-21-19(23)15-7-5-14(2)18(11-15)22(3)27(4,24)25/h5-8,11-12H,9-10H2,1-4H3,(H,21,23). The molecule has 0 unspecified atom stereocenters. The first kappa shape index (κ1) is 21.1. The number of anilines is 1. The van der Waals surface area contributed by atoms with Crippen molar-refractivity contribution in [1.82, 2.24) is 5.32 Å². The fourth-order valence-corrected chi connectivity index (χ4v) is 3.09. The van der Waals surface area contributed by atoms with E-state index in [2.05, 4.69) is 5.32 Å². The van der Waals surface area contributed by atoms with Gasteiger partial charge in [0.1, 0.15) is 12.4 Å². The molecule has 2 rings (SSSR count). The van der Waals surface area contributed by atoms with Crippen LogP contribution in [0.4, 0.5) is 5.69 Å². The molecule has 6 nitrogen and oxygen atoms in total. The SMILES string of the molecule is Cc1ccc(OCCNC(=O)c2ccc(C)c(N(C)S(C)(=O)=O)c2)cc1Cl. The molecule has 0 spiro atoms. The summed E-state index contributed by atoms with van der Waals surface area (Å²) in [5, 5.41) is 3.38. The normalized spacial score (nSPS) is 11.1. The minimum atomic E-state index is -3.41. The topological polar surface area (TPSA) is 75.7 Å². The number of hydrogen-bond donors (Lipinski definition) is 1. The van der Waals surface area contributed by atoms with E-state index in [0.29, 0.717) is 28.6 Å². The number of halogens is 1. The summed E-state index contributed by atoms with van der Waals surface area (Å²) in [5.41, 5.74) is 2.57. The molecule has 8 heteroatoms. The second kappa shape index (κ2) is 8.63. The highest BCUT2D eigenvalue weighted by Gasteiger charge is 2.16. The Labute approximate surface area is 165 Å². The zero-order valence-electron chi connectivity index (χ0n) is 15.7. The van der Waals surface area contributed by atoms with Gasteiger partial charge in [-0.3, -0.25) is 9.10 Å². The lowest BCUT2D eigenvalue weighted by molar-refractivity contribution is 0.0947. The molecule has 0 bridgehead atoms. The molecule has 0 atom stereocenters. The van der Waals surface area contributed by atoms with Gasteiger partial charge in [-0.2, -0.15) is 0 Å². The Morgan fingerprint density at radius 3 is 2.44 bits per heavy atom. The van der Waals surface area contributed by atoms with E-state index in [1.54, 1.807) is 31.2 Å². The number of nitrogens with one attached hydrogen (secondary N) is 1. The summed E-state index contributed by atoms with van der Waals surface area (Å²) in [6.07, 6.45) is 1.12. The van der Waals surface area contributed by atoms with Crippen molar-refractivity contribution < 1.29 is 17.9 Å². The van der Waals surface area contributed by atoms with Crippen molar-refractivity contribution >= 4 is 33.2 Å². The predicted octanol–water partition coefficient (Wildman–Crippen LogP) is 3.16. The number of aryl methyl sites for hydroxylation is 2. The summed E-state index contributed by atoms with van der Waals surface area (Å²) in [5.74, 6) is 0.330. The highest BCUT2D eigenvalue weighted by atomic mass is 35.5. The van der Waals surface area contributed by atoms with Gasteiger partial charge in [0.05, 0.1) is 18.5 Å². The van der Waals surface area contributed by atoms with Crippen LogP contribution in [0.5, 0.6) is 5.75 Å². The van der Waals surface area contributed by atoms with Crippen LogP contribution in [-0.4, -0.2) is 40.8 Å². The Morgan fingerprint density at radius 2 is 1.81 bits per heavy atom. The number of benzene rings is 2. The van der Waals surface area contributed by atoms with Crippen LogP contribution in [0, 0.1) is 13.8 Å². The van der Waals surface area contributed by atoms with Gasteiger partial charge in [0.2, 0.25) is 10.0 Å². The van der Waals surface area contributed by atoms with Crippen LogP contribution in [0.25, 0.3) is 0 Å². The summed E-state index contributed by atoms with van der Waals surface area (Å²) in [6.45, 7) is 4.28. The fraction of sp³-hybridized carbons (Fsp3) is 0.316. The van der Waals surface area contributed by atoms with Gasteiger partial charge in [-0.15, -0.1) is 0 Å². The van der Waals surface area contributed by atoms with Crippen molar-refractivity contribution in [2.75, 3.05) is 30.8 Å². The second-order valence-corrected chi connectivity index (χ2v) is 8.67. The molecule has 1 N–H and O–H groups in total. The van der Waals surface area contributed by atoms with Crippen LogP contribution >= 0.6 is 11.6 Å². The summed E-state index contributed by atoms with van der Waals surface area (Å²) in [7, 11) is -1.95. The molecule has 1 amide bonds. The zero-order valence-corrected chi connectivity index (χ0v) is 17.3. The number of sulfonamides is 1. The van der Waals surface area contributed by atoms with E-state index in [9.17, 15) is 13.2 Å². The Morgan fingerprint density at radius 1 is 1.15 bits per heavy atom. The Hall–Kier alpha value is -2.25. The smallest absolute Gasteiger partial charge is 0.251 e. The molecule has 0 saturated carbocycles. The van der Waals surface area contributed by atoms with Gasteiger partial charge >= 0.3 is 0 Å². The van der Waals surface area contributed by atoms with E-state index in [1.807, 2.05) is 19.1 Å². The molecule has 0 saturated heterocycles. The molecule has 0 fully saturated rings. The number of carbonyl (C=O) groups excluding carboxylic acids is 1. The molecule has 0 aliphatic heterocycles. The van der Waals surface area contributed by atoms with Gasteiger partial charge < -0.3 is 10.1 Å². The predicted molar refractivity (Wildman–Crippen MR) is 108 cm³/mol. The van der Waals surface area contributed by atoms with Crippen molar-refractivity contribution in [2.45, 2.75) is 13.8 Å². The van der Waals surface area contributed by atoms with E-state index in [4.69, 9.17) is 16.3 Å². The van der Waals surface area contributed by atoms with Crippen LogP contribution in [-0.2, 0) is 10.0 Å². The maximum atomic E-state index is 12.3. The highest BCUT2D eigenvalue weighted by Crippen LogP contribution is 2.23. The molecule has 0 aliphatic rings. The van der Waals surface area contributed by atoms with Crippen molar-refractivity contribution in [1.29, 1.82) is 0 Å². The Bertz CT molecular complexity index is 945. The zero-order chi connectivity index (χ0) is 20.2. The van der Waals surface area contributed by atoms with E-state index in [-0.39, 0.29) is 12.5 Å². The van der Waals surface area contributed by atoms with Crippen LogP contribution in [0.15, 0.2) is 36.4 Å². The van der Waals surface area contributed by atoms with Crippen molar-refractivity contribution in [3.8, 4) is 5.75 Å².